The van der Waals surface area contributed by atoms with Crippen LogP contribution in [0.5, 0.6) is 0 Å². The molecule has 0 N–H and O–H groups in total. The summed E-state index contributed by atoms with van der Waals surface area (Å²) in [6.07, 6.45) is 9.13. The second kappa shape index (κ2) is 5.07. The van der Waals surface area contributed by atoms with E-state index in [1.165, 1.54) is 18.4 Å². The third-order valence-electron chi connectivity index (χ3n) is 1.59. The molecule has 54 valence electrons. The van der Waals surface area contributed by atoms with Crippen LogP contribution in [0.15, 0.2) is 17.2 Å². The molecular formula is C9H13Zr-. The molecule has 0 atom stereocenters. The van der Waals surface area contributed by atoms with Crippen LogP contribution in [0.2, 0.25) is 0 Å². The zero-order valence-electron chi connectivity index (χ0n) is 6.70. The van der Waals surface area contributed by atoms with E-state index < -0.39 is 0 Å². The van der Waals surface area contributed by atoms with Crippen LogP contribution in [0, 0.1) is 6.08 Å². The summed E-state index contributed by atoms with van der Waals surface area (Å²) in [7, 11) is 0. The fraction of sp³-hybridized carbons (Fsp3) is 0.556. The van der Waals surface area contributed by atoms with Crippen molar-refractivity contribution in [2.75, 3.05) is 0 Å². The van der Waals surface area contributed by atoms with Crippen molar-refractivity contribution in [2.45, 2.75) is 33.1 Å². The molecule has 0 nitrogen and oxygen atoms in total. The van der Waals surface area contributed by atoms with Gasteiger partial charge in [0.05, 0.1) is 0 Å². The Bertz CT molecular complexity index is 154. The van der Waals surface area contributed by atoms with E-state index in [-0.39, 0.29) is 26.2 Å². The molecule has 1 aliphatic carbocycles. The van der Waals surface area contributed by atoms with Gasteiger partial charge in [0.1, 0.15) is 0 Å². The standard InChI is InChI=1S/C9H13.Zr/c1-3-4-9-6-5-8(2)7-9;/h7H,3-4,6H2,1-2H3;/q-1;. The molecule has 0 spiro atoms. The van der Waals surface area contributed by atoms with Gasteiger partial charge in [0.15, 0.2) is 0 Å². The van der Waals surface area contributed by atoms with E-state index >= 15 is 0 Å². The molecule has 0 amide bonds. The Morgan fingerprint density at radius 3 is 2.70 bits per heavy atom. The maximum Gasteiger partial charge on any atom is 0 e. The summed E-state index contributed by atoms with van der Waals surface area (Å²) in [6.45, 7) is 4.33. The molecule has 0 saturated heterocycles. The maximum atomic E-state index is 3.28. The van der Waals surface area contributed by atoms with Crippen LogP contribution in [0.4, 0.5) is 0 Å². The van der Waals surface area contributed by atoms with Crippen molar-refractivity contribution < 1.29 is 26.2 Å². The van der Waals surface area contributed by atoms with Gasteiger partial charge in [-0.25, -0.2) is 11.6 Å². The maximum absolute atomic E-state index is 3.28. The third kappa shape index (κ3) is 2.97. The summed E-state index contributed by atoms with van der Waals surface area (Å²) >= 11 is 0. The van der Waals surface area contributed by atoms with Crippen LogP contribution >= 0.6 is 0 Å². The van der Waals surface area contributed by atoms with E-state index in [9.17, 15) is 0 Å². The van der Waals surface area contributed by atoms with Gasteiger partial charge in [-0.15, -0.1) is 6.42 Å². The molecule has 0 fully saturated rings. The van der Waals surface area contributed by atoms with Gasteiger partial charge in [0, 0.05) is 26.2 Å². The van der Waals surface area contributed by atoms with Crippen molar-refractivity contribution in [3.63, 3.8) is 0 Å². The first-order chi connectivity index (χ1) is 4.33. The fourth-order valence-electron chi connectivity index (χ4n) is 1.14. The third-order valence-corrected chi connectivity index (χ3v) is 1.59. The van der Waals surface area contributed by atoms with E-state index in [4.69, 9.17) is 0 Å². The molecule has 10 heavy (non-hydrogen) atoms. The van der Waals surface area contributed by atoms with Crippen molar-refractivity contribution in [3.05, 3.63) is 23.3 Å². The van der Waals surface area contributed by atoms with Gasteiger partial charge in [0.2, 0.25) is 0 Å². The Morgan fingerprint density at radius 2 is 2.30 bits per heavy atom. The van der Waals surface area contributed by atoms with Crippen molar-refractivity contribution >= 4 is 0 Å². The Labute approximate surface area is 82.5 Å². The molecule has 0 aromatic heterocycles. The first-order valence-corrected chi connectivity index (χ1v) is 3.60. The van der Waals surface area contributed by atoms with E-state index in [1.807, 2.05) is 0 Å². The summed E-state index contributed by atoms with van der Waals surface area (Å²) in [5.41, 5.74) is 2.87. The zero-order chi connectivity index (χ0) is 6.69. The predicted octanol–water partition coefficient (Wildman–Crippen LogP) is 2.86. The molecule has 0 aliphatic heterocycles. The van der Waals surface area contributed by atoms with Crippen LogP contribution in [0.25, 0.3) is 0 Å². The summed E-state index contributed by atoms with van der Waals surface area (Å²) in [6, 6.07) is 0. The number of hydrogen-bond donors (Lipinski definition) is 0. The van der Waals surface area contributed by atoms with E-state index in [2.05, 4.69) is 26.0 Å². The minimum Gasteiger partial charge on any atom is -0.269 e. The van der Waals surface area contributed by atoms with E-state index in [0.717, 1.165) is 6.42 Å². The summed E-state index contributed by atoms with van der Waals surface area (Å²) in [4.78, 5) is 0. The van der Waals surface area contributed by atoms with Crippen molar-refractivity contribution in [1.82, 2.24) is 0 Å². The number of hydrogen-bond acceptors (Lipinski definition) is 0. The molecule has 0 bridgehead atoms. The molecule has 0 aromatic rings. The monoisotopic (exact) mass is 211 g/mol. The van der Waals surface area contributed by atoms with Gasteiger partial charge in [-0.1, -0.05) is 20.3 Å². The van der Waals surface area contributed by atoms with Crippen LogP contribution in [-0.4, -0.2) is 0 Å². The Hall–Kier alpha value is 0.363. The van der Waals surface area contributed by atoms with Gasteiger partial charge in [0.25, 0.3) is 0 Å². The molecule has 1 heteroatoms. The first kappa shape index (κ1) is 10.4. The number of allylic oxidation sites excluding steroid dienone is 4. The number of rotatable bonds is 2. The Kier molecular flexibility index (Phi) is 5.26. The molecule has 0 aromatic carbocycles. The molecule has 1 rings (SSSR count). The second-order valence-corrected chi connectivity index (χ2v) is 2.59. The topological polar surface area (TPSA) is 0 Å². The van der Waals surface area contributed by atoms with Gasteiger partial charge in [-0.2, -0.15) is 5.57 Å². The molecule has 1 aliphatic rings. The zero-order valence-corrected chi connectivity index (χ0v) is 9.16. The van der Waals surface area contributed by atoms with E-state index in [0.29, 0.717) is 0 Å². The molecule has 0 heterocycles. The average Bonchev–Trinajstić information content (AvgIpc) is 2.17. The smallest absolute Gasteiger partial charge is 0 e. The van der Waals surface area contributed by atoms with Crippen LogP contribution in [0.1, 0.15) is 33.1 Å². The van der Waals surface area contributed by atoms with Crippen molar-refractivity contribution in [1.29, 1.82) is 0 Å². The van der Waals surface area contributed by atoms with Crippen LogP contribution < -0.4 is 0 Å². The average molecular weight is 212 g/mol. The van der Waals surface area contributed by atoms with Crippen LogP contribution in [-0.2, 0) is 26.2 Å². The predicted molar refractivity (Wildman–Crippen MR) is 40.0 cm³/mol. The molecule has 0 radical (unpaired) electrons. The molecule has 0 saturated carbocycles. The fourth-order valence-corrected chi connectivity index (χ4v) is 1.14. The van der Waals surface area contributed by atoms with Gasteiger partial charge < -0.3 is 0 Å². The summed E-state index contributed by atoms with van der Waals surface area (Å²) in [5.74, 6) is 0. The minimum atomic E-state index is 0. The molecule has 0 unspecified atom stereocenters. The SMILES string of the molecule is CCCC1=CC(C)=[C-]C1.[Zr]. The summed E-state index contributed by atoms with van der Waals surface area (Å²) < 4.78 is 0. The second-order valence-electron chi connectivity index (χ2n) is 2.59. The van der Waals surface area contributed by atoms with Crippen molar-refractivity contribution in [3.8, 4) is 0 Å². The van der Waals surface area contributed by atoms with Gasteiger partial charge in [-0.3, -0.25) is 6.08 Å². The summed E-state index contributed by atoms with van der Waals surface area (Å²) in [5, 5.41) is 0. The Balaban J connectivity index is 0.000000810. The largest absolute Gasteiger partial charge is 0.269 e. The van der Waals surface area contributed by atoms with Crippen molar-refractivity contribution in [2.24, 2.45) is 0 Å². The van der Waals surface area contributed by atoms with E-state index in [1.54, 1.807) is 5.57 Å². The van der Waals surface area contributed by atoms with Crippen LogP contribution in [0.3, 0.4) is 0 Å². The Morgan fingerprint density at radius 1 is 1.60 bits per heavy atom. The molecular weight excluding hydrogens is 199 g/mol. The van der Waals surface area contributed by atoms with Gasteiger partial charge in [-0.05, 0) is 6.42 Å². The van der Waals surface area contributed by atoms with Gasteiger partial charge >= 0.3 is 0 Å². The first-order valence-electron chi connectivity index (χ1n) is 3.60. The normalized spacial score (nSPS) is 15.8. The minimum absolute atomic E-state index is 0. The quantitative estimate of drug-likeness (QED) is 0.618.